The Morgan fingerprint density at radius 2 is 2.00 bits per heavy atom. The molecule has 0 bridgehead atoms. The number of rotatable bonds is 0. The van der Waals surface area contributed by atoms with Crippen molar-refractivity contribution in [2.24, 2.45) is 0 Å². The van der Waals surface area contributed by atoms with Crippen molar-refractivity contribution >= 4 is 0 Å². The largest absolute Gasteiger partial charge is 0.388 e. The fourth-order valence-electron chi connectivity index (χ4n) is 0.945. The van der Waals surface area contributed by atoms with Gasteiger partial charge in [-0.1, -0.05) is 0 Å². The van der Waals surface area contributed by atoms with E-state index in [1.807, 2.05) is 6.92 Å². The second kappa shape index (κ2) is 2.64. The zero-order valence-electron chi connectivity index (χ0n) is 5.45. The van der Waals surface area contributed by atoms with Crippen molar-refractivity contribution in [3.8, 4) is 0 Å². The molecule has 0 spiro atoms. The summed E-state index contributed by atoms with van der Waals surface area (Å²) in [7, 11) is 0. The van der Waals surface area contributed by atoms with Crippen LogP contribution in [0.4, 0.5) is 0 Å². The van der Waals surface area contributed by atoms with Crippen molar-refractivity contribution in [2.75, 3.05) is 0 Å². The molecule has 3 heteroatoms. The van der Waals surface area contributed by atoms with E-state index in [0.29, 0.717) is 6.42 Å². The molecule has 3 atom stereocenters. The van der Waals surface area contributed by atoms with Crippen LogP contribution in [0.3, 0.4) is 0 Å². The summed E-state index contributed by atoms with van der Waals surface area (Å²) in [5.74, 6) is 0. The number of hydrogen-bond donors (Lipinski definition) is 2. The van der Waals surface area contributed by atoms with Gasteiger partial charge in [0.05, 0.1) is 6.10 Å². The fraction of sp³-hybridized carbons (Fsp3) is 1.00. The van der Waals surface area contributed by atoms with Gasteiger partial charge in [0.2, 0.25) is 0 Å². The average molecular weight is 132 g/mol. The van der Waals surface area contributed by atoms with Gasteiger partial charge in [-0.05, 0) is 19.8 Å². The molecule has 3 nitrogen and oxygen atoms in total. The third kappa shape index (κ3) is 1.64. The Morgan fingerprint density at radius 3 is 2.44 bits per heavy atom. The summed E-state index contributed by atoms with van der Waals surface area (Å²) in [6, 6.07) is 0. The third-order valence-electron chi connectivity index (χ3n) is 1.57. The van der Waals surface area contributed by atoms with Gasteiger partial charge in [-0.3, -0.25) is 0 Å². The highest BCUT2D eigenvalue weighted by Crippen LogP contribution is 2.16. The first kappa shape index (κ1) is 6.99. The van der Waals surface area contributed by atoms with Crippen LogP contribution in [0, 0.1) is 0 Å². The predicted octanol–water partition coefficient (Wildman–Crippen LogP) is -0.135. The van der Waals surface area contributed by atoms with E-state index in [-0.39, 0.29) is 6.10 Å². The van der Waals surface area contributed by atoms with E-state index in [1.165, 1.54) is 0 Å². The summed E-state index contributed by atoms with van der Waals surface area (Å²) in [6.45, 7) is 1.88. The molecule has 0 aromatic rings. The Morgan fingerprint density at radius 1 is 1.33 bits per heavy atom. The smallest absolute Gasteiger partial charge is 0.181 e. The molecule has 1 unspecified atom stereocenters. The zero-order chi connectivity index (χ0) is 6.85. The highest BCUT2D eigenvalue weighted by atomic mass is 16.6. The first-order chi connectivity index (χ1) is 4.20. The summed E-state index contributed by atoms with van der Waals surface area (Å²) < 4.78 is 4.90. The molecule has 1 rings (SSSR count). The zero-order valence-corrected chi connectivity index (χ0v) is 5.45. The van der Waals surface area contributed by atoms with E-state index < -0.39 is 12.4 Å². The van der Waals surface area contributed by atoms with E-state index in [0.717, 1.165) is 6.42 Å². The summed E-state index contributed by atoms with van der Waals surface area (Å²) in [6.07, 6.45) is -0.0843. The van der Waals surface area contributed by atoms with Crippen LogP contribution in [0.25, 0.3) is 0 Å². The average Bonchev–Trinajstić information content (AvgIpc) is 1.80. The lowest BCUT2D eigenvalue weighted by Crippen LogP contribution is -2.37. The van der Waals surface area contributed by atoms with Gasteiger partial charge in [-0.15, -0.1) is 0 Å². The Bertz CT molecular complexity index is 94.3. The van der Waals surface area contributed by atoms with Crippen LogP contribution in [0.5, 0.6) is 0 Å². The van der Waals surface area contributed by atoms with Crippen molar-refractivity contribution < 1.29 is 14.9 Å². The molecule has 1 heterocycles. The van der Waals surface area contributed by atoms with Crippen LogP contribution in [-0.2, 0) is 4.74 Å². The fourth-order valence-corrected chi connectivity index (χ4v) is 0.945. The molecular formula is C6H12O3. The molecule has 1 saturated heterocycles. The minimum Gasteiger partial charge on any atom is -0.388 e. The van der Waals surface area contributed by atoms with E-state index in [2.05, 4.69) is 0 Å². The number of hydrogen-bond acceptors (Lipinski definition) is 3. The molecule has 1 aliphatic rings. The minimum atomic E-state index is -0.964. The Hall–Kier alpha value is -0.120. The number of aliphatic hydroxyl groups is 2. The second-order valence-electron chi connectivity index (χ2n) is 2.48. The molecule has 0 aromatic heterocycles. The first-order valence-electron chi connectivity index (χ1n) is 3.21. The molecular weight excluding hydrogens is 120 g/mol. The normalized spacial score (nSPS) is 45.0. The van der Waals surface area contributed by atoms with Gasteiger partial charge < -0.3 is 14.9 Å². The van der Waals surface area contributed by atoms with E-state index in [4.69, 9.17) is 14.9 Å². The van der Waals surface area contributed by atoms with Crippen molar-refractivity contribution in [3.05, 3.63) is 0 Å². The maximum Gasteiger partial charge on any atom is 0.181 e. The predicted molar refractivity (Wildman–Crippen MR) is 31.8 cm³/mol. The van der Waals surface area contributed by atoms with Gasteiger partial charge in [-0.2, -0.15) is 0 Å². The van der Waals surface area contributed by atoms with Gasteiger partial charge in [-0.25, -0.2) is 0 Å². The first-order valence-corrected chi connectivity index (χ1v) is 3.21. The molecule has 0 saturated carbocycles. The lowest BCUT2D eigenvalue weighted by molar-refractivity contribution is -0.210. The van der Waals surface area contributed by atoms with Crippen molar-refractivity contribution in [1.29, 1.82) is 0 Å². The van der Waals surface area contributed by atoms with Crippen LogP contribution >= 0.6 is 0 Å². The maximum atomic E-state index is 8.92. The van der Waals surface area contributed by atoms with Crippen LogP contribution in [0.15, 0.2) is 0 Å². The maximum absolute atomic E-state index is 8.92. The monoisotopic (exact) mass is 132 g/mol. The summed E-state index contributed by atoms with van der Waals surface area (Å²) in [5, 5.41) is 17.8. The van der Waals surface area contributed by atoms with Gasteiger partial charge in [0.25, 0.3) is 0 Å². The quantitative estimate of drug-likeness (QED) is 0.482. The van der Waals surface area contributed by atoms with Crippen LogP contribution in [0.1, 0.15) is 19.8 Å². The Kier molecular flexibility index (Phi) is 2.05. The molecule has 0 amide bonds. The van der Waals surface area contributed by atoms with Gasteiger partial charge in [0, 0.05) is 0 Å². The van der Waals surface area contributed by atoms with E-state index in [1.54, 1.807) is 0 Å². The molecule has 0 aromatic carbocycles. The summed E-state index contributed by atoms with van der Waals surface area (Å²) in [4.78, 5) is 0. The van der Waals surface area contributed by atoms with Crippen LogP contribution in [0.2, 0.25) is 0 Å². The van der Waals surface area contributed by atoms with Gasteiger partial charge in [0.15, 0.2) is 6.29 Å². The summed E-state index contributed by atoms with van der Waals surface area (Å²) >= 11 is 0. The standard InChI is InChI=1S/C6H12O3/c1-4-2-3-5(7)6(8)9-4/h4-8H,2-3H2,1H3/t4-,5-,6?/m1/s1. The highest BCUT2D eigenvalue weighted by Gasteiger charge is 2.24. The third-order valence-corrected chi connectivity index (χ3v) is 1.57. The van der Waals surface area contributed by atoms with Crippen molar-refractivity contribution in [3.63, 3.8) is 0 Å². The van der Waals surface area contributed by atoms with E-state index >= 15 is 0 Å². The minimum absolute atomic E-state index is 0.0865. The van der Waals surface area contributed by atoms with Gasteiger partial charge >= 0.3 is 0 Å². The number of aliphatic hydroxyl groups excluding tert-OH is 2. The Labute approximate surface area is 54.3 Å². The molecule has 2 N–H and O–H groups in total. The molecule has 1 aliphatic heterocycles. The van der Waals surface area contributed by atoms with Crippen molar-refractivity contribution in [1.82, 2.24) is 0 Å². The highest BCUT2D eigenvalue weighted by molar-refractivity contribution is 4.68. The number of ether oxygens (including phenoxy) is 1. The summed E-state index contributed by atoms with van der Waals surface area (Å²) in [5.41, 5.74) is 0. The van der Waals surface area contributed by atoms with Crippen LogP contribution in [-0.4, -0.2) is 28.7 Å². The van der Waals surface area contributed by atoms with E-state index in [9.17, 15) is 0 Å². The second-order valence-corrected chi connectivity index (χ2v) is 2.48. The molecule has 54 valence electrons. The topological polar surface area (TPSA) is 49.7 Å². The lowest BCUT2D eigenvalue weighted by Gasteiger charge is -2.28. The van der Waals surface area contributed by atoms with Crippen LogP contribution < -0.4 is 0 Å². The SMILES string of the molecule is C[C@@H]1CC[C@@H](O)C(O)O1. The molecule has 9 heavy (non-hydrogen) atoms. The molecule has 1 fully saturated rings. The Balaban J connectivity index is 2.35. The van der Waals surface area contributed by atoms with Crippen molar-refractivity contribution in [2.45, 2.75) is 38.3 Å². The molecule has 0 aliphatic carbocycles. The molecule has 0 radical (unpaired) electrons. The lowest BCUT2D eigenvalue weighted by atomic mass is 10.1. The van der Waals surface area contributed by atoms with Gasteiger partial charge in [0.1, 0.15) is 6.10 Å².